The number of hydrogen-bond acceptors (Lipinski definition) is 8. The van der Waals surface area contributed by atoms with Crippen molar-refractivity contribution in [2.75, 3.05) is 6.54 Å². The van der Waals surface area contributed by atoms with Gasteiger partial charge < -0.3 is 25.3 Å². The van der Waals surface area contributed by atoms with Gasteiger partial charge in [0.1, 0.15) is 11.6 Å². The molecular formula is C24H32IN3O8. The molecule has 0 spiro atoms. The fourth-order valence-corrected chi connectivity index (χ4v) is 3.73. The topological polar surface area (TPSA) is 151 Å². The molecule has 198 valence electrons. The molecule has 3 amide bonds. The number of alkyl carbamates (subject to hydrolysis) is 1. The third kappa shape index (κ3) is 10.1. The van der Waals surface area contributed by atoms with Crippen LogP contribution in [-0.2, 0) is 35.2 Å². The number of unbranched alkanes of at least 4 members (excludes halogenated alkanes) is 1. The second-order valence-corrected chi connectivity index (χ2v) is 10.6. The standard InChI is InChI=1S/C24H32IN3O8/c1-24(2,3)35-23(34)27-17(22(32)33)6-4-5-13-26-18-14-19(29)28(21(18)31)36-20(30)12-9-15-7-10-16(25)11-8-15/h7-8,10-11,17-18,26H,4-6,9,12-14H2,1-3H3,(H,27,34)(H,32,33)/t17-,18?/m0/s1. The lowest BCUT2D eigenvalue weighted by Gasteiger charge is -2.22. The van der Waals surface area contributed by atoms with E-state index in [2.05, 4.69) is 33.2 Å². The molecule has 1 saturated heterocycles. The van der Waals surface area contributed by atoms with Crippen molar-refractivity contribution in [2.24, 2.45) is 0 Å². The number of carbonyl (C=O) groups is 5. The Morgan fingerprint density at radius 1 is 1.17 bits per heavy atom. The fourth-order valence-electron chi connectivity index (χ4n) is 3.37. The minimum atomic E-state index is -1.18. The van der Waals surface area contributed by atoms with Gasteiger partial charge in [-0.15, -0.1) is 5.06 Å². The van der Waals surface area contributed by atoms with E-state index in [1.807, 2.05) is 24.3 Å². The number of halogens is 1. The summed E-state index contributed by atoms with van der Waals surface area (Å²) in [7, 11) is 0. The SMILES string of the molecule is CC(C)(C)OC(=O)N[C@@H](CCCCNC1CC(=O)N(OC(=O)CCc2ccc(I)cc2)C1=O)C(=O)O. The van der Waals surface area contributed by atoms with Crippen LogP contribution in [0, 0.1) is 3.57 Å². The number of rotatable bonds is 12. The number of imide groups is 1. The van der Waals surface area contributed by atoms with Crippen LogP contribution in [0.4, 0.5) is 4.79 Å². The normalized spacial score (nSPS) is 16.6. The predicted octanol–water partition coefficient (Wildman–Crippen LogP) is 2.55. The lowest BCUT2D eigenvalue weighted by Crippen LogP contribution is -2.43. The molecule has 0 bridgehead atoms. The molecule has 11 nitrogen and oxygen atoms in total. The Bertz CT molecular complexity index is 961. The molecule has 1 aliphatic heterocycles. The number of hydrogen-bond donors (Lipinski definition) is 3. The summed E-state index contributed by atoms with van der Waals surface area (Å²) >= 11 is 2.18. The third-order valence-corrected chi connectivity index (χ3v) is 5.85. The molecule has 0 saturated carbocycles. The zero-order valence-corrected chi connectivity index (χ0v) is 22.7. The first-order chi connectivity index (χ1) is 16.9. The number of nitrogens with zero attached hydrogens (tertiary/aromatic N) is 1. The van der Waals surface area contributed by atoms with E-state index >= 15 is 0 Å². The van der Waals surface area contributed by atoms with Gasteiger partial charge >= 0.3 is 18.0 Å². The van der Waals surface area contributed by atoms with Gasteiger partial charge in [-0.3, -0.25) is 9.59 Å². The molecule has 2 rings (SSSR count). The average Bonchev–Trinajstić information content (AvgIpc) is 3.03. The Labute approximate surface area is 223 Å². The van der Waals surface area contributed by atoms with Crippen molar-refractivity contribution in [3.05, 3.63) is 33.4 Å². The largest absolute Gasteiger partial charge is 0.480 e. The number of ether oxygens (including phenoxy) is 1. The van der Waals surface area contributed by atoms with E-state index in [0.717, 1.165) is 9.13 Å². The van der Waals surface area contributed by atoms with E-state index in [1.54, 1.807) is 20.8 Å². The first kappa shape index (κ1) is 29.5. The summed E-state index contributed by atoms with van der Waals surface area (Å²) in [6.07, 6.45) is 0.598. The van der Waals surface area contributed by atoms with Crippen LogP contribution >= 0.6 is 22.6 Å². The lowest BCUT2D eigenvalue weighted by molar-refractivity contribution is -0.197. The molecule has 36 heavy (non-hydrogen) atoms. The molecule has 1 aromatic carbocycles. The van der Waals surface area contributed by atoms with E-state index in [1.165, 1.54) is 0 Å². The molecule has 0 aliphatic carbocycles. The van der Waals surface area contributed by atoms with E-state index in [0.29, 0.717) is 30.9 Å². The van der Waals surface area contributed by atoms with E-state index in [-0.39, 0.29) is 19.3 Å². The van der Waals surface area contributed by atoms with Gasteiger partial charge in [-0.2, -0.15) is 0 Å². The summed E-state index contributed by atoms with van der Waals surface area (Å²) in [6, 6.07) is 5.70. The number of amides is 3. The van der Waals surface area contributed by atoms with Crippen LogP contribution in [0.25, 0.3) is 0 Å². The van der Waals surface area contributed by atoms with Crippen LogP contribution in [-0.4, -0.2) is 64.2 Å². The van der Waals surface area contributed by atoms with Crippen molar-refractivity contribution in [1.82, 2.24) is 15.7 Å². The number of carboxylic acid groups (broad SMARTS) is 1. The first-order valence-electron chi connectivity index (χ1n) is 11.6. The second kappa shape index (κ2) is 13.5. The molecule has 1 aliphatic rings. The van der Waals surface area contributed by atoms with E-state index < -0.39 is 47.5 Å². The highest BCUT2D eigenvalue weighted by Gasteiger charge is 2.41. The van der Waals surface area contributed by atoms with Crippen molar-refractivity contribution in [2.45, 2.75) is 77.0 Å². The van der Waals surface area contributed by atoms with Crippen LogP contribution in [0.1, 0.15) is 58.4 Å². The maximum Gasteiger partial charge on any atom is 0.408 e. The zero-order valence-electron chi connectivity index (χ0n) is 20.5. The maximum atomic E-state index is 12.5. The highest BCUT2D eigenvalue weighted by atomic mass is 127. The summed E-state index contributed by atoms with van der Waals surface area (Å²) in [5, 5.41) is 15.1. The zero-order chi connectivity index (χ0) is 26.9. The number of hydroxylamine groups is 2. The van der Waals surface area contributed by atoms with Crippen LogP contribution < -0.4 is 10.6 Å². The Morgan fingerprint density at radius 3 is 2.44 bits per heavy atom. The van der Waals surface area contributed by atoms with Gasteiger partial charge in [0.05, 0.1) is 18.9 Å². The minimum Gasteiger partial charge on any atom is -0.480 e. The van der Waals surface area contributed by atoms with Crippen molar-refractivity contribution < 1.29 is 38.7 Å². The number of carboxylic acids is 1. The van der Waals surface area contributed by atoms with Crippen LogP contribution in [0.3, 0.4) is 0 Å². The van der Waals surface area contributed by atoms with Gasteiger partial charge in [0.15, 0.2) is 0 Å². The number of aliphatic carboxylic acids is 1. The van der Waals surface area contributed by atoms with Crippen molar-refractivity contribution in [3.63, 3.8) is 0 Å². The second-order valence-electron chi connectivity index (χ2n) is 9.36. The predicted molar refractivity (Wildman–Crippen MR) is 136 cm³/mol. The fraction of sp³-hybridized carbons (Fsp3) is 0.542. The molecule has 0 radical (unpaired) electrons. The molecule has 2 atom stereocenters. The third-order valence-electron chi connectivity index (χ3n) is 5.13. The van der Waals surface area contributed by atoms with E-state index in [4.69, 9.17) is 9.57 Å². The van der Waals surface area contributed by atoms with Crippen molar-refractivity contribution in [3.8, 4) is 0 Å². The Kier molecular flexibility index (Phi) is 11.1. The molecular weight excluding hydrogens is 585 g/mol. The Hall–Kier alpha value is -2.74. The molecule has 1 unspecified atom stereocenters. The summed E-state index contributed by atoms with van der Waals surface area (Å²) in [4.78, 5) is 65.0. The highest BCUT2D eigenvalue weighted by Crippen LogP contribution is 2.16. The molecule has 12 heteroatoms. The average molecular weight is 617 g/mol. The number of benzene rings is 1. The van der Waals surface area contributed by atoms with Gasteiger partial charge in [0.25, 0.3) is 11.8 Å². The van der Waals surface area contributed by atoms with Crippen molar-refractivity contribution in [1.29, 1.82) is 0 Å². The van der Waals surface area contributed by atoms with E-state index in [9.17, 15) is 29.1 Å². The van der Waals surface area contributed by atoms with Gasteiger partial charge in [-0.05, 0) is 93.3 Å². The molecule has 1 aromatic rings. The minimum absolute atomic E-state index is 0.0256. The summed E-state index contributed by atoms with van der Waals surface area (Å²) < 4.78 is 6.15. The maximum absolute atomic E-state index is 12.5. The summed E-state index contributed by atoms with van der Waals surface area (Å²) in [5.74, 6) is -3.09. The van der Waals surface area contributed by atoms with Crippen LogP contribution in [0.15, 0.2) is 24.3 Å². The number of carbonyl (C=O) groups excluding carboxylic acids is 4. The van der Waals surface area contributed by atoms with Gasteiger partial charge in [0.2, 0.25) is 0 Å². The molecule has 3 N–H and O–H groups in total. The number of aryl methyl sites for hydroxylation is 1. The molecule has 1 heterocycles. The van der Waals surface area contributed by atoms with Gasteiger partial charge in [-0.1, -0.05) is 12.1 Å². The van der Waals surface area contributed by atoms with Gasteiger partial charge in [-0.25, -0.2) is 14.4 Å². The van der Waals surface area contributed by atoms with Crippen LogP contribution in [0.5, 0.6) is 0 Å². The van der Waals surface area contributed by atoms with Crippen LogP contribution in [0.2, 0.25) is 0 Å². The molecule has 1 fully saturated rings. The Balaban J connectivity index is 1.71. The number of nitrogens with one attached hydrogen (secondary N) is 2. The lowest BCUT2D eigenvalue weighted by atomic mass is 10.1. The molecule has 0 aromatic heterocycles. The van der Waals surface area contributed by atoms with Gasteiger partial charge in [0, 0.05) is 3.57 Å². The quantitative estimate of drug-likeness (QED) is 0.183. The smallest absolute Gasteiger partial charge is 0.408 e. The monoisotopic (exact) mass is 617 g/mol. The first-order valence-corrected chi connectivity index (χ1v) is 12.7. The summed E-state index contributed by atoms with van der Waals surface area (Å²) in [5.41, 5.74) is 0.197. The highest BCUT2D eigenvalue weighted by molar-refractivity contribution is 14.1. The van der Waals surface area contributed by atoms with Crippen molar-refractivity contribution >= 4 is 52.4 Å². The summed E-state index contributed by atoms with van der Waals surface area (Å²) in [6.45, 7) is 5.36. The Morgan fingerprint density at radius 2 is 1.83 bits per heavy atom.